The lowest BCUT2D eigenvalue weighted by Crippen LogP contribution is -2.44. The fraction of sp³-hybridized carbons (Fsp3) is 0.650. The molecule has 158 valence electrons. The summed E-state index contributed by atoms with van der Waals surface area (Å²) in [6.45, 7) is 9.62. The molecular weight excluding hydrogens is 378 g/mol. The van der Waals surface area contributed by atoms with E-state index in [9.17, 15) is 13.2 Å². The highest BCUT2D eigenvalue weighted by molar-refractivity contribution is 7.89. The lowest BCUT2D eigenvalue weighted by molar-refractivity contribution is -0.121. The summed E-state index contributed by atoms with van der Waals surface area (Å²) in [5.74, 6) is 0.955. The average molecular weight is 412 g/mol. The number of ether oxygens (including phenoxy) is 1. The topological polar surface area (TPSA) is 87.7 Å². The molecule has 1 atom stereocenters. The summed E-state index contributed by atoms with van der Waals surface area (Å²) in [7, 11) is -3.63. The molecule has 0 aromatic heterocycles. The highest BCUT2D eigenvalue weighted by Gasteiger charge is 2.22. The van der Waals surface area contributed by atoms with E-state index in [-0.39, 0.29) is 23.8 Å². The third kappa shape index (κ3) is 7.07. The van der Waals surface area contributed by atoms with Gasteiger partial charge in [0, 0.05) is 32.1 Å². The Morgan fingerprint density at radius 3 is 2.64 bits per heavy atom. The van der Waals surface area contributed by atoms with Crippen LogP contribution in [0.15, 0.2) is 29.2 Å². The SMILES string of the molecule is CCOc1ccc(S(=O)(=O)NCCC(=O)NCC2CCCN(C(C)C)C2)cc1. The molecule has 2 rings (SSSR count). The molecule has 2 N–H and O–H groups in total. The highest BCUT2D eigenvalue weighted by Crippen LogP contribution is 2.18. The largest absolute Gasteiger partial charge is 0.494 e. The fourth-order valence-corrected chi connectivity index (χ4v) is 4.38. The predicted molar refractivity (Wildman–Crippen MR) is 110 cm³/mol. The summed E-state index contributed by atoms with van der Waals surface area (Å²) in [6, 6.07) is 6.76. The van der Waals surface area contributed by atoms with Crippen LogP contribution in [0.1, 0.15) is 40.0 Å². The normalized spacial score (nSPS) is 18.2. The third-order valence-electron chi connectivity index (χ3n) is 4.96. The zero-order valence-corrected chi connectivity index (χ0v) is 17.9. The molecule has 8 heteroatoms. The average Bonchev–Trinajstić information content (AvgIpc) is 2.67. The molecule has 1 amide bonds. The van der Waals surface area contributed by atoms with E-state index in [1.54, 1.807) is 12.1 Å². The number of nitrogens with zero attached hydrogens (tertiary/aromatic N) is 1. The molecule has 1 fully saturated rings. The molecule has 1 aromatic rings. The second-order valence-corrected chi connectivity index (χ2v) is 9.22. The number of piperidine rings is 1. The molecular formula is C20H33N3O4S. The number of hydrogen-bond acceptors (Lipinski definition) is 5. The summed E-state index contributed by atoms with van der Waals surface area (Å²) in [5.41, 5.74) is 0. The van der Waals surface area contributed by atoms with Crippen LogP contribution in [0.2, 0.25) is 0 Å². The lowest BCUT2D eigenvalue weighted by Gasteiger charge is -2.35. The quantitative estimate of drug-likeness (QED) is 0.615. The van der Waals surface area contributed by atoms with Crippen LogP contribution in [0, 0.1) is 5.92 Å². The van der Waals surface area contributed by atoms with Crippen molar-refractivity contribution in [2.45, 2.75) is 51.0 Å². The molecule has 1 unspecified atom stereocenters. The molecule has 1 aromatic carbocycles. The van der Waals surface area contributed by atoms with Crippen molar-refractivity contribution < 1.29 is 17.9 Å². The van der Waals surface area contributed by atoms with E-state index in [0.29, 0.717) is 30.9 Å². The van der Waals surface area contributed by atoms with Crippen molar-refractivity contribution >= 4 is 15.9 Å². The van der Waals surface area contributed by atoms with Crippen LogP contribution in [-0.4, -0.2) is 58.1 Å². The van der Waals surface area contributed by atoms with Crippen molar-refractivity contribution in [3.8, 4) is 5.75 Å². The van der Waals surface area contributed by atoms with Gasteiger partial charge in [0.2, 0.25) is 15.9 Å². The first-order chi connectivity index (χ1) is 13.3. The molecule has 1 aliphatic rings. The minimum Gasteiger partial charge on any atom is -0.494 e. The van der Waals surface area contributed by atoms with Crippen LogP contribution in [0.4, 0.5) is 0 Å². The second kappa shape index (κ2) is 10.8. The van der Waals surface area contributed by atoms with E-state index < -0.39 is 10.0 Å². The number of nitrogens with one attached hydrogen (secondary N) is 2. The van der Waals surface area contributed by atoms with Gasteiger partial charge in [0.1, 0.15) is 5.75 Å². The van der Waals surface area contributed by atoms with E-state index in [1.165, 1.54) is 12.1 Å². The molecule has 1 heterocycles. The van der Waals surface area contributed by atoms with Crippen LogP contribution in [0.5, 0.6) is 5.75 Å². The number of likely N-dealkylation sites (tertiary alicyclic amines) is 1. The smallest absolute Gasteiger partial charge is 0.240 e. The Morgan fingerprint density at radius 2 is 2.00 bits per heavy atom. The van der Waals surface area contributed by atoms with Crippen LogP contribution in [-0.2, 0) is 14.8 Å². The van der Waals surface area contributed by atoms with Gasteiger partial charge in [-0.2, -0.15) is 0 Å². The van der Waals surface area contributed by atoms with Gasteiger partial charge in [-0.1, -0.05) is 0 Å². The standard InChI is InChI=1S/C20H33N3O4S/c1-4-27-18-7-9-19(10-8-18)28(25,26)22-12-11-20(24)21-14-17-6-5-13-23(15-17)16(2)3/h7-10,16-17,22H,4-6,11-15H2,1-3H3,(H,21,24). The molecule has 0 bridgehead atoms. The minimum absolute atomic E-state index is 0.0736. The van der Waals surface area contributed by atoms with Gasteiger partial charge in [-0.05, 0) is 70.3 Å². The molecule has 1 saturated heterocycles. The Balaban J connectivity index is 1.72. The summed E-state index contributed by atoms with van der Waals surface area (Å²) >= 11 is 0. The zero-order valence-electron chi connectivity index (χ0n) is 17.1. The van der Waals surface area contributed by atoms with Gasteiger partial charge in [0.05, 0.1) is 11.5 Å². The van der Waals surface area contributed by atoms with Gasteiger partial charge in [-0.25, -0.2) is 13.1 Å². The monoisotopic (exact) mass is 411 g/mol. The first-order valence-corrected chi connectivity index (χ1v) is 11.5. The number of sulfonamides is 1. The van der Waals surface area contributed by atoms with Crippen molar-refractivity contribution in [1.29, 1.82) is 0 Å². The van der Waals surface area contributed by atoms with Crippen molar-refractivity contribution in [2.75, 3.05) is 32.8 Å². The van der Waals surface area contributed by atoms with Crippen molar-refractivity contribution in [3.05, 3.63) is 24.3 Å². The number of carbonyl (C=O) groups excluding carboxylic acids is 1. The van der Waals surface area contributed by atoms with E-state index in [1.807, 2.05) is 6.92 Å². The molecule has 0 aliphatic carbocycles. The number of benzene rings is 1. The maximum absolute atomic E-state index is 12.3. The summed E-state index contributed by atoms with van der Waals surface area (Å²) in [5, 5.41) is 2.94. The summed E-state index contributed by atoms with van der Waals surface area (Å²) < 4.78 is 32.4. The lowest BCUT2D eigenvalue weighted by atomic mass is 9.97. The second-order valence-electron chi connectivity index (χ2n) is 7.45. The Morgan fingerprint density at radius 1 is 1.29 bits per heavy atom. The van der Waals surface area contributed by atoms with Crippen LogP contribution < -0.4 is 14.8 Å². The Labute approximate surface area is 168 Å². The number of amides is 1. The van der Waals surface area contributed by atoms with Gasteiger partial charge in [-0.15, -0.1) is 0 Å². The fourth-order valence-electron chi connectivity index (χ4n) is 3.34. The van der Waals surface area contributed by atoms with Crippen LogP contribution in [0.25, 0.3) is 0 Å². The van der Waals surface area contributed by atoms with Gasteiger partial charge in [-0.3, -0.25) is 4.79 Å². The van der Waals surface area contributed by atoms with Crippen molar-refractivity contribution in [3.63, 3.8) is 0 Å². The van der Waals surface area contributed by atoms with Crippen LogP contribution >= 0.6 is 0 Å². The molecule has 0 spiro atoms. The maximum atomic E-state index is 12.3. The molecule has 0 radical (unpaired) electrons. The first kappa shape index (κ1) is 22.6. The molecule has 1 aliphatic heterocycles. The van der Waals surface area contributed by atoms with E-state index in [0.717, 1.165) is 25.9 Å². The van der Waals surface area contributed by atoms with Crippen LogP contribution in [0.3, 0.4) is 0 Å². The molecule has 28 heavy (non-hydrogen) atoms. The first-order valence-electron chi connectivity index (χ1n) is 10.0. The van der Waals surface area contributed by atoms with Crippen molar-refractivity contribution in [1.82, 2.24) is 14.9 Å². The van der Waals surface area contributed by atoms with E-state index in [4.69, 9.17) is 4.74 Å². The molecule has 0 saturated carbocycles. The van der Waals surface area contributed by atoms with Gasteiger partial charge in [0.15, 0.2) is 0 Å². The minimum atomic E-state index is -3.63. The molecule has 7 nitrogen and oxygen atoms in total. The number of carbonyl (C=O) groups is 1. The predicted octanol–water partition coefficient (Wildman–Crippen LogP) is 1.99. The highest BCUT2D eigenvalue weighted by atomic mass is 32.2. The van der Waals surface area contributed by atoms with E-state index in [2.05, 4.69) is 28.8 Å². The zero-order chi connectivity index (χ0) is 20.6. The van der Waals surface area contributed by atoms with Gasteiger partial charge < -0.3 is 15.0 Å². The summed E-state index contributed by atoms with van der Waals surface area (Å²) in [4.78, 5) is 14.7. The number of rotatable bonds is 10. The van der Waals surface area contributed by atoms with Gasteiger partial charge in [0.25, 0.3) is 0 Å². The number of hydrogen-bond donors (Lipinski definition) is 2. The summed E-state index contributed by atoms with van der Waals surface area (Å²) in [6.07, 6.45) is 2.39. The van der Waals surface area contributed by atoms with Gasteiger partial charge >= 0.3 is 0 Å². The Kier molecular flexibility index (Phi) is 8.72. The Hall–Kier alpha value is -1.64. The van der Waals surface area contributed by atoms with Crippen molar-refractivity contribution in [2.24, 2.45) is 5.92 Å². The third-order valence-corrected chi connectivity index (χ3v) is 6.43. The maximum Gasteiger partial charge on any atom is 0.240 e. The Bertz CT molecular complexity index is 719. The van der Waals surface area contributed by atoms with E-state index >= 15 is 0 Å².